The number of benzene rings is 2. The number of rotatable bonds is 5. The Balaban J connectivity index is 0.00000280. The van der Waals surface area contributed by atoms with E-state index in [9.17, 15) is 9.59 Å². The van der Waals surface area contributed by atoms with Gasteiger partial charge in [0.25, 0.3) is 5.91 Å². The summed E-state index contributed by atoms with van der Waals surface area (Å²) in [5.74, 6) is -0.215. The van der Waals surface area contributed by atoms with Crippen molar-refractivity contribution in [3.8, 4) is 16.8 Å². The molecule has 0 bridgehead atoms. The average Bonchev–Trinajstić information content (AvgIpc) is 3.55. The van der Waals surface area contributed by atoms with Crippen molar-refractivity contribution >= 4 is 29.5 Å². The van der Waals surface area contributed by atoms with E-state index in [4.69, 9.17) is 9.72 Å². The molecule has 2 N–H and O–H groups in total. The minimum Gasteiger partial charge on any atom is -0.381 e. The van der Waals surface area contributed by atoms with Gasteiger partial charge in [0.15, 0.2) is 5.65 Å². The van der Waals surface area contributed by atoms with Crippen molar-refractivity contribution in [2.75, 3.05) is 26.3 Å². The largest absolute Gasteiger partial charge is 0.381 e. The number of carbonyl (C=O) groups is 1. The van der Waals surface area contributed by atoms with Crippen molar-refractivity contribution in [3.63, 3.8) is 0 Å². The van der Waals surface area contributed by atoms with Gasteiger partial charge in [-0.05, 0) is 61.2 Å². The quantitative estimate of drug-likeness (QED) is 0.419. The van der Waals surface area contributed by atoms with Gasteiger partial charge in [-0.3, -0.25) is 13.9 Å². The molecule has 0 aliphatic carbocycles. The van der Waals surface area contributed by atoms with Gasteiger partial charge in [-0.1, -0.05) is 42.5 Å². The number of pyridine rings is 1. The first-order chi connectivity index (χ1) is 17.7. The Morgan fingerprint density at radius 2 is 1.68 bits per heavy atom. The topological polar surface area (TPSA) is 90.2 Å². The van der Waals surface area contributed by atoms with Crippen LogP contribution in [0, 0.1) is 0 Å². The lowest BCUT2D eigenvalue weighted by atomic mass is 10.1. The summed E-state index contributed by atoms with van der Waals surface area (Å²) in [4.78, 5) is 31.5. The average molecular weight is 520 g/mol. The van der Waals surface area contributed by atoms with Gasteiger partial charge in [0, 0.05) is 25.8 Å². The normalized spacial score (nSPS) is 18.0. The molecule has 2 fully saturated rings. The van der Waals surface area contributed by atoms with Gasteiger partial charge in [-0.2, -0.15) is 0 Å². The maximum atomic E-state index is 13.8. The van der Waals surface area contributed by atoms with Crippen molar-refractivity contribution in [3.05, 3.63) is 82.9 Å². The van der Waals surface area contributed by atoms with E-state index < -0.39 is 0 Å². The first-order valence-corrected chi connectivity index (χ1v) is 12.6. The molecular formula is C28H30ClN5O3. The van der Waals surface area contributed by atoms with Crippen LogP contribution in [0.4, 0.5) is 0 Å². The summed E-state index contributed by atoms with van der Waals surface area (Å²) in [5.41, 5.74) is 4.41. The second kappa shape index (κ2) is 10.9. The lowest BCUT2D eigenvalue weighted by Crippen LogP contribution is -2.39. The van der Waals surface area contributed by atoms with E-state index in [1.165, 1.54) is 0 Å². The molecule has 6 rings (SSSR count). The van der Waals surface area contributed by atoms with Crippen molar-refractivity contribution < 1.29 is 9.53 Å². The predicted octanol–water partition coefficient (Wildman–Crippen LogP) is 3.72. The van der Waals surface area contributed by atoms with Crippen LogP contribution in [-0.4, -0.2) is 52.4 Å². The van der Waals surface area contributed by atoms with Gasteiger partial charge in [0.1, 0.15) is 5.69 Å². The third-order valence-corrected chi connectivity index (χ3v) is 7.14. The van der Waals surface area contributed by atoms with Gasteiger partial charge in [-0.15, -0.1) is 12.4 Å². The van der Waals surface area contributed by atoms with Crippen LogP contribution in [0.15, 0.2) is 71.5 Å². The highest BCUT2D eigenvalue weighted by molar-refractivity contribution is 5.94. The number of fused-ring (bicyclic) bond motifs is 1. The van der Waals surface area contributed by atoms with Crippen molar-refractivity contribution in [1.29, 1.82) is 0 Å². The zero-order chi connectivity index (χ0) is 24.5. The highest BCUT2D eigenvalue weighted by Gasteiger charge is 2.26. The number of halogens is 1. The molecule has 4 heterocycles. The monoisotopic (exact) mass is 519 g/mol. The van der Waals surface area contributed by atoms with Gasteiger partial charge in [0.2, 0.25) is 0 Å². The molecule has 1 amide bonds. The number of hydrogen-bond donors (Lipinski definition) is 2. The minimum atomic E-state index is -0.215. The van der Waals surface area contributed by atoms with Crippen LogP contribution in [0.25, 0.3) is 28.0 Å². The lowest BCUT2D eigenvalue weighted by molar-refractivity contribution is 0.0694. The molecule has 9 heteroatoms. The van der Waals surface area contributed by atoms with Crippen LogP contribution in [0.3, 0.4) is 0 Å². The SMILES string of the molecule is Cl.O=C(NC1CCOCC1)c1ccc2c(n1)n(C1CCNC1)c(=O)n2-c1ccc(-c2ccccc2)cc1. The van der Waals surface area contributed by atoms with E-state index in [0.29, 0.717) is 36.6 Å². The van der Waals surface area contributed by atoms with Crippen molar-refractivity contribution in [2.45, 2.75) is 31.3 Å². The fraction of sp³-hybridized carbons (Fsp3) is 0.321. The summed E-state index contributed by atoms with van der Waals surface area (Å²) in [6.45, 7) is 2.85. The van der Waals surface area contributed by atoms with Crippen LogP contribution in [0.2, 0.25) is 0 Å². The fourth-order valence-corrected chi connectivity index (χ4v) is 5.19. The molecule has 0 saturated carbocycles. The number of hydrogen-bond acceptors (Lipinski definition) is 5. The van der Waals surface area contributed by atoms with Crippen molar-refractivity contribution in [2.24, 2.45) is 0 Å². The molecule has 0 spiro atoms. The summed E-state index contributed by atoms with van der Waals surface area (Å²) in [6.07, 6.45) is 2.43. The number of carbonyl (C=O) groups excluding carboxylic acids is 1. The molecular weight excluding hydrogens is 490 g/mol. The third kappa shape index (κ3) is 4.92. The molecule has 4 aromatic rings. The van der Waals surface area contributed by atoms with Crippen LogP contribution < -0.4 is 16.3 Å². The zero-order valence-electron chi connectivity index (χ0n) is 20.4. The molecule has 2 saturated heterocycles. The Bertz CT molecular complexity index is 1440. The zero-order valence-corrected chi connectivity index (χ0v) is 21.2. The molecule has 37 heavy (non-hydrogen) atoms. The van der Waals surface area contributed by atoms with Crippen LogP contribution in [0.5, 0.6) is 0 Å². The van der Waals surface area contributed by atoms with Gasteiger partial charge >= 0.3 is 5.69 Å². The van der Waals surface area contributed by atoms with Crippen LogP contribution in [0.1, 0.15) is 35.8 Å². The molecule has 8 nitrogen and oxygen atoms in total. The Morgan fingerprint density at radius 3 is 2.38 bits per heavy atom. The number of aromatic nitrogens is 3. The molecule has 0 radical (unpaired) electrons. The predicted molar refractivity (Wildman–Crippen MR) is 146 cm³/mol. The number of nitrogens with zero attached hydrogens (tertiary/aromatic N) is 3. The maximum absolute atomic E-state index is 13.8. The molecule has 1 atom stereocenters. The fourth-order valence-electron chi connectivity index (χ4n) is 5.19. The third-order valence-electron chi connectivity index (χ3n) is 7.14. The molecule has 2 aliphatic heterocycles. The lowest BCUT2D eigenvalue weighted by Gasteiger charge is -2.22. The van der Waals surface area contributed by atoms with Crippen molar-refractivity contribution in [1.82, 2.24) is 24.8 Å². The smallest absolute Gasteiger partial charge is 0.335 e. The first kappa shape index (κ1) is 25.2. The van der Waals surface area contributed by atoms with E-state index >= 15 is 0 Å². The Hall–Kier alpha value is -3.46. The second-order valence-electron chi connectivity index (χ2n) is 9.45. The van der Waals surface area contributed by atoms with E-state index in [0.717, 1.165) is 42.6 Å². The number of ether oxygens (including phenoxy) is 1. The summed E-state index contributed by atoms with van der Waals surface area (Å²) < 4.78 is 8.85. The van der Waals surface area contributed by atoms with E-state index in [1.54, 1.807) is 15.2 Å². The highest BCUT2D eigenvalue weighted by Crippen LogP contribution is 2.25. The molecule has 2 aliphatic rings. The molecule has 192 valence electrons. The van der Waals surface area contributed by atoms with E-state index in [2.05, 4.69) is 22.8 Å². The minimum absolute atomic E-state index is 0. The Kier molecular flexibility index (Phi) is 7.41. The first-order valence-electron chi connectivity index (χ1n) is 12.6. The standard InChI is InChI=1S/C28H29N5O3.ClH/c34-27(30-21-13-16-36-17-14-21)24-10-11-25-26(31-24)33(23-12-15-29-18-23)28(35)32(25)22-8-6-20(7-9-22)19-4-2-1-3-5-19;/h1-11,21,23,29H,12-18H2,(H,30,34);1H. The number of imidazole rings is 1. The van der Waals surface area contributed by atoms with Crippen LogP contribution >= 0.6 is 12.4 Å². The number of nitrogens with one attached hydrogen (secondary N) is 2. The summed E-state index contributed by atoms with van der Waals surface area (Å²) in [6, 6.07) is 21.8. The van der Waals surface area contributed by atoms with Crippen LogP contribution in [-0.2, 0) is 4.74 Å². The highest BCUT2D eigenvalue weighted by atomic mass is 35.5. The van der Waals surface area contributed by atoms with E-state index in [1.807, 2.05) is 48.5 Å². The Morgan fingerprint density at radius 1 is 0.946 bits per heavy atom. The van der Waals surface area contributed by atoms with Gasteiger partial charge in [0.05, 0.1) is 17.2 Å². The maximum Gasteiger partial charge on any atom is 0.335 e. The number of amides is 1. The molecule has 1 unspecified atom stereocenters. The summed E-state index contributed by atoms with van der Waals surface area (Å²) in [5, 5.41) is 6.42. The van der Waals surface area contributed by atoms with Gasteiger partial charge < -0.3 is 15.4 Å². The summed E-state index contributed by atoms with van der Waals surface area (Å²) >= 11 is 0. The molecule has 2 aromatic carbocycles. The van der Waals surface area contributed by atoms with E-state index in [-0.39, 0.29) is 36.1 Å². The molecule has 2 aromatic heterocycles. The van der Waals surface area contributed by atoms with Gasteiger partial charge in [-0.25, -0.2) is 9.78 Å². The second-order valence-corrected chi connectivity index (χ2v) is 9.45. The summed E-state index contributed by atoms with van der Waals surface area (Å²) in [7, 11) is 0. The Labute approximate surface area is 221 Å².